The van der Waals surface area contributed by atoms with Gasteiger partial charge in [0.05, 0.1) is 0 Å². The molecule has 0 bridgehead atoms. The van der Waals surface area contributed by atoms with Crippen LogP contribution in [-0.2, 0) is 22.6 Å². The van der Waals surface area contributed by atoms with Gasteiger partial charge in [0.15, 0.2) is 0 Å². The SMILES string of the molecule is COC1(C(=O)NCc2ccccc2CN2CCCCC2C)CCNCC1. The number of carbonyl (C=O) groups excluding carboxylic acids is 1. The lowest BCUT2D eigenvalue weighted by molar-refractivity contribution is -0.146. The molecule has 5 nitrogen and oxygen atoms in total. The maximum absolute atomic E-state index is 12.8. The Morgan fingerprint density at radius 3 is 2.69 bits per heavy atom. The summed E-state index contributed by atoms with van der Waals surface area (Å²) in [5.74, 6) is 0.0163. The van der Waals surface area contributed by atoms with Crippen molar-refractivity contribution >= 4 is 5.91 Å². The quantitative estimate of drug-likeness (QED) is 0.819. The predicted molar refractivity (Wildman–Crippen MR) is 104 cm³/mol. The van der Waals surface area contributed by atoms with Crippen LogP contribution in [0.5, 0.6) is 0 Å². The maximum Gasteiger partial charge on any atom is 0.252 e. The van der Waals surface area contributed by atoms with Crippen LogP contribution in [0.15, 0.2) is 24.3 Å². The molecular formula is C21H33N3O2. The molecule has 2 aliphatic heterocycles. The fourth-order valence-corrected chi connectivity index (χ4v) is 4.19. The standard InChI is InChI=1S/C21H33N3O2/c1-17-7-5-6-14-24(17)16-19-9-4-3-8-18(19)15-23-20(25)21(26-2)10-12-22-13-11-21/h3-4,8-9,17,22H,5-7,10-16H2,1-2H3,(H,23,25). The van der Waals surface area contributed by atoms with Gasteiger partial charge in [0, 0.05) is 26.2 Å². The maximum atomic E-state index is 12.8. The summed E-state index contributed by atoms with van der Waals surface area (Å²) in [5, 5.41) is 6.43. The summed E-state index contributed by atoms with van der Waals surface area (Å²) >= 11 is 0. The lowest BCUT2D eigenvalue weighted by Crippen LogP contribution is -2.54. The van der Waals surface area contributed by atoms with E-state index >= 15 is 0 Å². The van der Waals surface area contributed by atoms with Crippen LogP contribution >= 0.6 is 0 Å². The van der Waals surface area contributed by atoms with Crippen molar-refractivity contribution in [2.45, 2.75) is 63.8 Å². The molecule has 1 unspecified atom stereocenters. The molecule has 2 fully saturated rings. The summed E-state index contributed by atoms with van der Waals surface area (Å²) in [6, 6.07) is 9.11. The van der Waals surface area contributed by atoms with Gasteiger partial charge in [-0.15, -0.1) is 0 Å². The molecule has 0 aliphatic carbocycles. The van der Waals surface area contributed by atoms with Crippen molar-refractivity contribution in [1.82, 2.24) is 15.5 Å². The van der Waals surface area contributed by atoms with Crippen LogP contribution in [-0.4, -0.2) is 49.2 Å². The highest BCUT2D eigenvalue weighted by atomic mass is 16.5. The Kier molecular flexibility index (Phi) is 6.68. The highest BCUT2D eigenvalue weighted by Gasteiger charge is 2.39. The molecule has 1 aromatic rings. The Morgan fingerprint density at radius 2 is 2.00 bits per heavy atom. The van der Waals surface area contributed by atoms with E-state index in [0.717, 1.165) is 32.5 Å². The third kappa shape index (κ3) is 4.45. The first-order chi connectivity index (χ1) is 12.6. The molecular weight excluding hydrogens is 326 g/mol. The molecule has 2 heterocycles. The summed E-state index contributed by atoms with van der Waals surface area (Å²) in [6.45, 7) is 6.67. The molecule has 1 aromatic carbocycles. The molecule has 0 saturated carbocycles. The number of piperidine rings is 2. The van der Waals surface area contributed by atoms with Crippen LogP contribution < -0.4 is 10.6 Å². The third-order valence-electron chi connectivity index (χ3n) is 6.09. The zero-order valence-electron chi connectivity index (χ0n) is 16.2. The molecule has 2 aliphatic rings. The van der Waals surface area contributed by atoms with Gasteiger partial charge in [-0.05, 0) is 63.4 Å². The molecule has 0 aromatic heterocycles. The highest BCUT2D eigenvalue weighted by molar-refractivity contribution is 5.85. The van der Waals surface area contributed by atoms with Gasteiger partial charge in [-0.2, -0.15) is 0 Å². The number of carbonyl (C=O) groups is 1. The largest absolute Gasteiger partial charge is 0.368 e. The first kappa shape index (κ1) is 19.3. The van der Waals surface area contributed by atoms with Crippen LogP contribution in [0.25, 0.3) is 0 Å². The molecule has 144 valence electrons. The van der Waals surface area contributed by atoms with Crippen molar-refractivity contribution in [3.8, 4) is 0 Å². The first-order valence-electron chi connectivity index (χ1n) is 9.99. The Morgan fingerprint density at radius 1 is 1.27 bits per heavy atom. The number of nitrogens with one attached hydrogen (secondary N) is 2. The van der Waals surface area contributed by atoms with Gasteiger partial charge in [0.2, 0.25) is 0 Å². The van der Waals surface area contributed by atoms with Crippen molar-refractivity contribution in [2.75, 3.05) is 26.7 Å². The van der Waals surface area contributed by atoms with Crippen LogP contribution in [0.4, 0.5) is 0 Å². The average Bonchev–Trinajstić information content (AvgIpc) is 2.69. The van der Waals surface area contributed by atoms with Crippen molar-refractivity contribution in [3.63, 3.8) is 0 Å². The summed E-state index contributed by atoms with van der Waals surface area (Å²) in [7, 11) is 1.65. The van der Waals surface area contributed by atoms with Crippen molar-refractivity contribution in [3.05, 3.63) is 35.4 Å². The Hall–Kier alpha value is -1.43. The third-order valence-corrected chi connectivity index (χ3v) is 6.09. The van der Waals surface area contributed by atoms with Gasteiger partial charge in [0.1, 0.15) is 5.60 Å². The van der Waals surface area contributed by atoms with Crippen molar-refractivity contribution in [1.29, 1.82) is 0 Å². The molecule has 26 heavy (non-hydrogen) atoms. The number of methoxy groups -OCH3 is 1. The number of hydrogen-bond donors (Lipinski definition) is 2. The number of hydrogen-bond acceptors (Lipinski definition) is 4. The minimum atomic E-state index is -0.679. The van der Waals surface area contributed by atoms with E-state index in [1.165, 1.54) is 36.9 Å². The second-order valence-corrected chi connectivity index (χ2v) is 7.72. The van der Waals surface area contributed by atoms with Crippen molar-refractivity contribution < 1.29 is 9.53 Å². The molecule has 3 rings (SSSR count). The zero-order chi connectivity index (χ0) is 18.4. The van der Waals surface area contributed by atoms with E-state index in [2.05, 4.69) is 46.7 Å². The fraction of sp³-hybridized carbons (Fsp3) is 0.667. The fourth-order valence-electron chi connectivity index (χ4n) is 4.19. The summed E-state index contributed by atoms with van der Waals surface area (Å²) in [5.41, 5.74) is 1.85. The van der Waals surface area contributed by atoms with Gasteiger partial charge >= 0.3 is 0 Å². The van der Waals surface area contributed by atoms with E-state index in [0.29, 0.717) is 12.6 Å². The van der Waals surface area contributed by atoms with E-state index in [-0.39, 0.29) is 5.91 Å². The van der Waals surface area contributed by atoms with E-state index in [9.17, 15) is 4.79 Å². The minimum Gasteiger partial charge on any atom is -0.368 e. The lowest BCUT2D eigenvalue weighted by atomic mass is 9.91. The minimum absolute atomic E-state index is 0.0163. The molecule has 2 saturated heterocycles. The normalized spacial score (nSPS) is 23.5. The Balaban J connectivity index is 1.63. The summed E-state index contributed by atoms with van der Waals surface area (Å²) < 4.78 is 5.63. The Labute approximate surface area is 157 Å². The monoisotopic (exact) mass is 359 g/mol. The second kappa shape index (κ2) is 8.98. The smallest absolute Gasteiger partial charge is 0.252 e. The topological polar surface area (TPSA) is 53.6 Å². The number of ether oxygens (including phenoxy) is 1. The Bertz CT molecular complexity index is 599. The van der Waals surface area contributed by atoms with Crippen LogP contribution in [0, 0.1) is 0 Å². The highest BCUT2D eigenvalue weighted by Crippen LogP contribution is 2.24. The molecule has 0 radical (unpaired) electrons. The first-order valence-corrected chi connectivity index (χ1v) is 9.99. The van der Waals surface area contributed by atoms with E-state index in [1.54, 1.807) is 7.11 Å². The second-order valence-electron chi connectivity index (χ2n) is 7.72. The van der Waals surface area contributed by atoms with Gasteiger partial charge in [0.25, 0.3) is 5.91 Å². The van der Waals surface area contributed by atoms with Crippen LogP contribution in [0.2, 0.25) is 0 Å². The van der Waals surface area contributed by atoms with Crippen LogP contribution in [0.1, 0.15) is 50.2 Å². The number of likely N-dealkylation sites (tertiary alicyclic amines) is 1. The molecule has 0 spiro atoms. The van der Waals surface area contributed by atoms with E-state index < -0.39 is 5.60 Å². The van der Waals surface area contributed by atoms with Gasteiger partial charge < -0.3 is 15.4 Å². The number of nitrogens with zero attached hydrogens (tertiary/aromatic N) is 1. The molecule has 1 amide bonds. The zero-order valence-corrected chi connectivity index (χ0v) is 16.2. The molecule has 1 atom stereocenters. The average molecular weight is 360 g/mol. The number of rotatable bonds is 6. The predicted octanol–water partition coefficient (Wildman–Crippen LogP) is 2.45. The van der Waals surface area contributed by atoms with Gasteiger partial charge in [-0.25, -0.2) is 0 Å². The van der Waals surface area contributed by atoms with Crippen molar-refractivity contribution in [2.24, 2.45) is 0 Å². The van der Waals surface area contributed by atoms with E-state index in [1.807, 2.05) is 0 Å². The van der Waals surface area contributed by atoms with E-state index in [4.69, 9.17) is 4.74 Å². The number of benzene rings is 1. The summed E-state index contributed by atoms with van der Waals surface area (Å²) in [6.07, 6.45) is 5.35. The van der Waals surface area contributed by atoms with Gasteiger partial charge in [-0.1, -0.05) is 30.7 Å². The summed E-state index contributed by atoms with van der Waals surface area (Å²) in [4.78, 5) is 15.4. The number of amides is 1. The lowest BCUT2D eigenvalue weighted by Gasteiger charge is -2.35. The molecule has 2 N–H and O–H groups in total. The molecule has 5 heteroatoms. The van der Waals surface area contributed by atoms with Gasteiger partial charge in [-0.3, -0.25) is 9.69 Å². The van der Waals surface area contributed by atoms with Crippen LogP contribution in [0.3, 0.4) is 0 Å².